The van der Waals surface area contributed by atoms with Gasteiger partial charge in [0.05, 0.1) is 19.7 Å². The molecule has 0 atom stereocenters. The van der Waals surface area contributed by atoms with E-state index in [9.17, 15) is 13.2 Å². The van der Waals surface area contributed by atoms with E-state index >= 15 is 0 Å². The van der Waals surface area contributed by atoms with E-state index in [0.29, 0.717) is 13.2 Å². The van der Waals surface area contributed by atoms with Gasteiger partial charge in [0.15, 0.2) is 5.96 Å². The second-order valence-electron chi connectivity index (χ2n) is 3.54. The molecule has 0 aliphatic carbocycles. The van der Waals surface area contributed by atoms with Crippen LogP contribution >= 0.6 is 24.0 Å². The molecule has 0 aromatic carbocycles. The third kappa shape index (κ3) is 13.8. The van der Waals surface area contributed by atoms with Gasteiger partial charge in [-0.1, -0.05) is 0 Å². The van der Waals surface area contributed by atoms with Crippen LogP contribution in [0.15, 0.2) is 4.99 Å². The van der Waals surface area contributed by atoms with Gasteiger partial charge in [0.1, 0.15) is 0 Å². The zero-order valence-corrected chi connectivity index (χ0v) is 12.8. The minimum Gasteiger partial charge on any atom is -0.383 e. The van der Waals surface area contributed by atoms with Crippen LogP contribution < -0.4 is 11.1 Å². The van der Waals surface area contributed by atoms with Crippen molar-refractivity contribution in [1.82, 2.24) is 10.2 Å². The van der Waals surface area contributed by atoms with E-state index in [0.717, 1.165) is 4.90 Å². The Kier molecular flexibility index (Phi) is 11.8. The van der Waals surface area contributed by atoms with Crippen molar-refractivity contribution in [1.29, 1.82) is 0 Å². The Balaban J connectivity index is 0. The van der Waals surface area contributed by atoms with Gasteiger partial charge in [-0.15, -0.1) is 24.0 Å². The van der Waals surface area contributed by atoms with Crippen LogP contribution in [0.1, 0.15) is 0 Å². The van der Waals surface area contributed by atoms with Crippen molar-refractivity contribution < 1.29 is 17.9 Å². The Labute approximate surface area is 122 Å². The van der Waals surface area contributed by atoms with Crippen LogP contribution in [0.5, 0.6) is 0 Å². The fraction of sp³-hybridized carbons (Fsp3) is 0.889. The number of nitrogens with two attached hydrogens (primary N) is 1. The Bertz CT molecular complexity index is 238. The molecule has 0 bridgehead atoms. The molecule has 5 nitrogen and oxygen atoms in total. The van der Waals surface area contributed by atoms with Crippen LogP contribution in [0.3, 0.4) is 0 Å². The largest absolute Gasteiger partial charge is 0.401 e. The third-order valence-electron chi connectivity index (χ3n) is 1.83. The number of rotatable bonds is 7. The Hall–Kier alpha value is -0.290. The van der Waals surface area contributed by atoms with Crippen molar-refractivity contribution in [3.8, 4) is 0 Å². The van der Waals surface area contributed by atoms with Gasteiger partial charge in [0.25, 0.3) is 0 Å². The highest BCUT2D eigenvalue weighted by Crippen LogP contribution is 2.14. The number of hydrogen-bond donors (Lipinski definition) is 2. The number of aliphatic imine (C=N–C) groups is 1. The summed E-state index contributed by atoms with van der Waals surface area (Å²) in [5.74, 6) is 0.211. The summed E-state index contributed by atoms with van der Waals surface area (Å²) in [6.45, 7) is 0.485. The molecule has 0 aromatic rings. The first-order chi connectivity index (χ1) is 7.85. The van der Waals surface area contributed by atoms with Gasteiger partial charge < -0.3 is 15.8 Å². The van der Waals surface area contributed by atoms with E-state index in [1.54, 1.807) is 7.11 Å². The highest BCUT2D eigenvalue weighted by Gasteiger charge is 2.28. The van der Waals surface area contributed by atoms with Crippen LogP contribution in [0.4, 0.5) is 13.2 Å². The van der Waals surface area contributed by atoms with Crippen molar-refractivity contribution in [2.75, 3.05) is 46.9 Å². The number of methoxy groups -OCH3 is 1. The quantitative estimate of drug-likeness (QED) is 0.293. The standard InChI is InChI=1S/C9H19F3N4O.HI/c1-16(7-9(10,11)12)5-3-14-8(13)15-4-6-17-2;/h3-7H2,1-2H3,(H3,13,14,15);1H. The molecule has 9 heteroatoms. The smallest absolute Gasteiger partial charge is 0.383 e. The van der Waals surface area contributed by atoms with Crippen LogP contribution in [0, 0.1) is 0 Å². The maximum atomic E-state index is 12.0. The van der Waals surface area contributed by atoms with Crippen LogP contribution in [0.25, 0.3) is 0 Å². The summed E-state index contributed by atoms with van der Waals surface area (Å²) in [6.07, 6.45) is -4.18. The molecule has 0 spiro atoms. The van der Waals surface area contributed by atoms with Crippen LogP contribution in [-0.2, 0) is 4.74 Å². The highest BCUT2D eigenvalue weighted by molar-refractivity contribution is 14.0. The van der Waals surface area contributed by atoms with Crippen molar-refractivity contribution in [2.45, 2.75) is 6.18 Å². The van der Waals surface area contributed by atoms with Crippen molar-refractivity contribution >= 4 is 29.9 Å². The average molecular weight is 384 g/mol. The van der Waals surface area contributed by atoms with Gasteiger partial charge in [-0.25, -0.2) is 0 Å². The van der Waals surface area contributed by atoms with Gasteiger partial charge in [-0.2, -0.15) is 13.2 Å². The van der Waals surface area contributed by atoms with Crippen LogP contribution in [0.2, 0.25) is 0 Å². The maximum Gasteiger partial charge on any atom is 0.401 e. The Morgan fingerprint density at radius 2 is 2.06 bits per heavy atom. The fourth-order valence-corrected chi connectivity index (χ4v) is 1.06. The van der Waals surface area contributed by atoms with Crippen molar-refractivity contribution in [2.24, 2.45) is 10.7 Å². The van der Waals surface area contributed by atoms with E-state index in [1.807, 2.05) is 0 Å². The first kappa shape index (κ1) is 20.0. The molecular weight excluding hydrogens is 364 g/mol. The molecule has 0 unspecified atom stereocenters. The number of nitrogens with zero attached hydrogens (tertiary/aromatic N) is 2. The van der Waals surface area contributed by atoms with E-state index in [2.05, 4.69) is 10.3 Å². The molecule has 0 aromatic heterocycles. The summed E-state index contributed by atoms with van der Waals surface area (Å²) in [7, 11) is 2.94. The second kappa shape index (κ2) is 10.6. The van der Waals surface area contributed by atoms with E-state index in [1.165, 1.54) is 7.05 Å². The van der Waals surface area contributed by atoms with Crippen molar-refractivity contribution in [3.05, 3.63) is 0 Å². The minimum atomic E-state index is -4.18. The van der Waals surface area contributed by atoms with Gasteiger partial charge in [0.2, 0.25) is 0 Å². The number of hydrogen-bond acceptors (Lipinski definition) is 3. The van der Waals surface area contributed by atoms with E-state index in [4.69, 9.17) is 10.5 Å². The first-order valence-corrected chi connectivity index (χ1v) is 5.13. The van der Waals surface area contributed by atoms with Gasteiger partial charge in [-0.05, 0) is 7.05 Å². The lowest BCUT2D eigenvalue weighted by Gasteiger charge is -2.17. The Morgan fingerprint density at radius 3 is 2.56 bits per heavy atom. The summed E-state index contributed by atoms with van der Waals surface area (Å²) in [5.41, 5.74) is 5.47. The summed E-state index contributed by atoms with van der Waals surface area (Å²) in [4.78, 5) is 5.03. The average Bonchev–Trinajstić information content (AvgIpc) is 2.15. The lowest BCUT2D eigenvalue weighted by molar-refractivity contribution is -0.142. The number of halogens is 4. The third-order valence-corrected chi connectivity index (χ3v) is 1.83. The zero-order chi connectivity index (χ0) is 13.3. The number of likely N-dealkylation sites (N-methyl/N-ethyl adjacent to an activating group) is 1. The highest BCUT2D eigenvalue weighted by atomic mass is 127. The number of ether oxygens (including phenoxy) is 1. The summed E-state index contributed by atoms with van der Waals surface area (Å²) < 4.78 is 40.7. The topological polar surface area (TPSA) is 62.9 Å². The normalized spacial score (nSPS) is 12.4. The monoisotopic (exact) mass is 384 g/mol. The van der Waals surface area contributed by atoms with E-state index in [-0.39, 0.29) is 43.0 Å². The molecule has 0 fully saturated rings. The molecular formula is C9H20F3IN4O. The Morgan fingerprint density at radius 1 is 1.44 bits per heavy atom. The van der Waals surface area contributed by atoms with Crippen molar-refractivity contribution in [3.63, 3.8) is 0 Å². The molecule has 0 amide bonds. The molecule has 0 aliphatic heterocycles. The SMILES string of the molecule is COCCNC(N)=NCCN(C)CC(F)(F)F.I. The predicted octanol–water partition coefficient (Wildman–Crippen LogP) is 0.649. The fourth-order valence-electron chi connectivity index (χ4n) is 1.06. The second-order valence-corrected chi connectivity index (χ2v) is 3.54. The molecule has 0 saturated carbocycles. The number of guanidine groups is 1. The molecule has 0 aliphatic rings. The molecule has 0 saturated heterocycles. The van der Waals surface area contributed by atoms with E-state index < -0.39 is 12.7 Å². The molecule has 110 valence electrons. The molecule has 0 radical (unpaired) electrons. The molecule has 0 heterocycles. The van der Waals surface area contributed by atoms with Gasteiger partial charge >= 0.3 is 6.18 Å². The lowest BCUT2D eigenvalue weighted by atomic mass is 10.5. The predicted molar refractivity (Wildman–Crippen MR) is 75.3 cm³/mol. The summed E-state index contributed by atoms with van der Waals surface area (Å²) >= 11 is 0. The van der Waals surface area contributed by atoms with Crippen LogP contribution in [-0.4, -0.2) is 64.0 Å². The maximum absolute atomic E-state index is 12.0. The molecule has 18 heavy (non-hydrogen) atoms. The molecule has 0 rings (SSSR count). The lowest BCUT2D eigenvalue weighted by Crippen LogP contribution is -2.36. The molecule has 3 N–H and O–H groups in total. The minimum absolute atomic E-state index is 0. The van der Waals surface area contributed by atoms with Gasteiger partial charge in [0, 0.05) is 20.2 Å². The number of nitrogens with one attached hydrogen (secondary N) is 1. The zero-order valence-electron chi connectivity index (χ0n) is 10.5. The van der Waals surface area contributed by atoms with Gasteiger partial charge in [-0.3, -0.25) is 9.89 Å². The first-order valence-electron chi connectivity index (χ1n) is 5.13. The summed E-state index contributed by atoms with van der Waals surface area (Å²) in [6, 6.07) is 0. The summed E-state index contributed by atoms with van der Waals surface area (Å²) in [5, 5.41) is 2.77. The number of alkyl halides is 3.